The van der Waals surface area contributed by atoms with Crippen LogP contribution in [0.2, 0.25) is 5.02 Å². The predicted octanol–water partition coefficient (Wildman–Crippen LogP) is 2.28. The van der Waals surface area contributed by atoms with E-state index in [4.69, 9.17) is 16.7 Å². The number of nitrogens with zero attached hydrogens (tertiary/aromatic N) is 3. The van der Waals surface area contributed by atoms with Gasteiger partial charge in [0.1, 0.15) is 5.41 Å². The lowest BCUT2D eigenvalue weighted by Gasteiger charge is -2.14. The summed E-state index contributed by atoms with van der Waals surface area (Å²) in [5.74, 6) is -0.944. The van der Waals surface area contributed by atoms with Crippen LogP contribution in [0.15, 0.2) is 30.5 Å². The Balaban J connectivity index is 2.40. The highest BCUT2D eigenvalue weighted by molar-refractivity contribution is 6.30. The largest absolute Gasteiger partial charge is 0.481 e. The summed E-state index contributed by atoms with van der Waals surface area (Å²) in [5, 5.41) is 17.5. The number of aromatic nitrogens is 3. The monoisotopic (exact) mass is 265 g/mol. The zero-order valence-corrected chi connectivity index (χ0v) is 10.7. The fourth-order valence-electron chi connectivity index (χ4n) is 1.40. The van der Waals surface area contributed by atoms with Gasteiger partial charge in [0.2, 0.25) is 0 Å². The molecule has 2 aromatic rings. The Morgan fingerprint density at radius 1 is 1.44 bits per heavy atom. The molecule has 6 heteroatoms. The Kier molecular flexibility index (Phi) is 3.09. The van der Waals surface area contributed by atoms with Gasteiger partial charge in [-0.2, -0.15) is 0 Å². The lowest BCUT2D eigenvalue weighted by Crippen LogP contribution is -2.28. The second-order valence-electron chi connectivity index (χ2n) is 4.46. The quantitative estimate of drug-likeness (QED) is 0.924. The molecule has 94 valence electrons. The molecule has 1 heterocycles. The third kappa shape index (κ3) is 2.22. The van der Waals surface area contributed by atoms with Crippen LogP contribution in [0.3, 0.4) is 0 Å². The molecule has 1 aromatic heterocycles. The highest BCUT2D eigenvalue weighted by Gasteiger charge is 2.32. The maximum atomic E-state index is 11.1. The molecule has 0 radical (unpaired) electrons. The van der Waals surface area contributed by atoms with Crippen molar-refractivity contribution in [2.45, 2.75) is 19.3 Å². The van der Waals surface area contributed by atoms with Gasteiger partial charge in [-0.05, 0) is 32.0 Å². The summed E-state index contributed by atoms with van der Waals surface area (Å²) < 4.78 is 1.51. The van der Waals surface area contributed by atoms with Gasteiger partial charge in [0.25, 0.3) is 0 Å². The van der Waals surface area contributed by atoms with Crippen molar-refractivity contribution in [2.24, 2.45) is 0 Å². The molecule has 0 atom stereocenters. The normalized spacial score (nSPS) is 11.5. The van der Waals surface area contributed by atoms with Crippen molar-refractivity contribution in [2.75, 3.05) is 0 Å². The summed E-state index contributed by atoms with van der Waals surface area (Å²) >= 11 is 5.89. The fourth-order valence-corrected chi connectivity index (χ4v) is 1.59. The second kappa shape index (κ2) is 4.42. The molecular formula is C12H12ClN3O2. The molecule has 1 aromatic carbocycles. The summed E-state index contributed by atoms with van der Waals surface area (Å²) in [5.41, 5.74) is 0.0639. The summed E-state index contributed by atoms with van der Waals surface area (Å²) in [4.78, 5) is 11.1. The highest BCUT2D eigenvalue weighted by atomic mass is 35.5. The highest BCUT2D eigenvalue weighted by Crippen LogP contribution is 2.22. The van der Waals surface area contributed by atoms with Crippen molar-refractivity contribution >= 4 is 17.6 Å². The first-order valence-corrected chi connectivity index (χ1v) is 5.71. The van der Waals surface area contributed by atoms with Crippen molar-refractivity contribution in [3.8, 4) is 5.69 Å². The zero-order chi connectivity index (χ0) is 13.3. The van der Waals surface area contributed by atoms with Crippen LogP contribution in [-0.2, 0) is 10.2 Å². The van der Waals surface area contributed by atoms with E-state index in [2.05, 4.69) is 10.3 Å². The van der Waals surface area contributed by atoms with E-state index in [-0.39, 0.29) is 0 Å². The van der Waals surface area contributed by atoms with Gasteiger partial charge >= 0.3 is 5.97 Å². The van der Waals surface area contributed by atoms with Crippen molar-refractivity contribution in [3.05, 3.63) is 41.2 Å². The fraction of sp³-hybridized carbons (Fsp3) is 0.250. The minimum Gasteiger partial charge on any atom is -0.481 e. The summed E-state index contributed by atoms with van der Waals surface area (Å²) in [7, 11) is 0. The van der Waals surface area contributed by atoms with Crippen molar-refractivity contribution in [1.82, 2.24) is 15.0 Å². The zero-order valence-electron chi connectivity index (χ0n) is 9.96. The lowest BCUT2D eigenvalue weighted by molar-refractivity contribution is -0.142. The molecule has 5 nitrogen and oxygen atoms in total. The van der Waals surface area contributed by atoms with E-state index in [0.29, 0.717) is 10.7 Å². The number of halogens is 1. The molecule has 0 bridgehead atoms. The third-order valence-corrected chi connectivity index (χ3v) is 2.98. The molecule has 0 saturated carbocycles. The van der Waals surface area contributed by atoms with E-state index >= 15 is 0 Å². The topological polar surface area (TPSA) is 68.0 Å². The maximum Gasteiger partial charge on any atom is 0.315 e. The van der Waals surface area contributed by atoms with E-state index in [9.17, 15) is 4.79 Å². The number of aliphatic carboxylic acids is 1. The molecule has 0 aliphatic rings. The van der Waals surface area contributed by atoms with E-state index in [0.717, 1.165) is 5.69 Å². The Morgan fingerprint density at radius 3 is 2.78 bits per heavy atom. The summed E-state index contributed by atoms with van der Waals surface area (Å²) in [6.07, 6.45) is 1.60. The van der Waals surface area contributed by atoms with Gasteiger partial charge in [-0.1, -0.05) is 22.9 Å². The van der Waals surface area contributed by atoms with Crippen molar-refractivity contribution in [3.63, 3.8) is 0 Å². The van der Waals surface area contributed by atoms with E-state index in [1.54, 1.807) is 38.2 Å². The average molecular weight is 266 g/mol. The van der Waals surface area contributed by atoms with Gasteiger partial charge in [-0.15, -0.1) is 5.10 Å². The Hall–Kier alpha value is -1.88. The number of carboxylic acid groups (broad SMARTS) is 1. The van der Waals surface area contributed by atoms with Gasteiger partial charge in [-0.25, -0.2) is 4.68 Å². The molecule has 0 aliphatic carbocycles. The number of benzene rings is 1. The summed E-state index contributed by atoms with van der Waals surface area (Å²) in [6, 6.07) is 7.09. The van der Waals surface area contributed by atoms with E-state index in [1.165, 1.54) is 4.68 Å². The first-order chi connectivity index (χ1) is 8.41. The number of rotatable bonds is 3. The minimum absolute atomic E-state index is 0.398. The Bertz CT molecular complexity index is 593. The molecule has 0 saturated heterocycles. The van der Waals surface area contributed by atoms with Crippen molar-refractivity contribution < 1.29 is 9.90 Å². The molecule has 0 aliphatic heterocycles. The van der Waals surface area contributed by atoms with Gasteiger partial charge < -0.3 is 5.11 Å². The molecule has 1 N–H and O–H groups in total. The van der Waals surface area contributed by atoms with Crippen LogP contribution in [0.1, 0.15) is 19.5 Å². The first kappa shape index (κ1) is 12.6. The van der Waals surface area contributed by atoms with Crippen molar-refractivity contribution in [1.29, 1.82) is 0 Å². The second-order valence-corrected chi connectivity index (χ2v) is 4.89. The summed E-state index contributed by atoms with van der Waals surface area (Å²) in [6.45, 7) is 3.17. The van der Waals surface area contributed by atoms with Gasteiger partial charge in [-0.3, -0.25) is 4.79 Å². The van der Waals surface area contributed by atoms with Crippen LogP contribution in [-0.4, -0.2) is 26.1 Å². The molecule has 0 unspecified atom stereocenters. The molecule has 0 fully saturated rings. The van der Waals surface area contributed by atoms with Crippen LogP contribution >= 0.6 is 11.6 Å². The minimum atomic E-state index is -1.07. The Morgan fingerprint density at radius 2 is 2.17 bits per heavy atom. The van der Waals surface area contributed by atoms with Crippen LogP contribution in [0.5, 0.6) is 0 Å². The first-order valence-electron chi connectivity index (χ1n) is 5.33. The standard InChI is InChI=1S/C12H12ClN3O2/c1-12(2,11(17)18)10-7-16(15-14-10)9-5-3-4-8(13)6-9/h3-7H,1-2H3,(H,17,18). The number of carboxylic acids is 1. The SMILES string of the molecule is CC(C)(C(=O)O)c1cn(-c2cccc(Cl)c2)nn1. The van der Waals surface area contributed by atoms with Gasteiger partial charge in [0.05, 0.1) is 17.6 Å². The number of hydrogen-bond acceptors (Lipinski definition) is 3. The lowest BCUT2D eigenvalue weighted by atomic mass is 9.90. The van der Waals surface area contributed by atoms with Crippen LogP contribution < -0.4 is 0 Å². The van der Waals surface area contributed by atoms with Crippen LogP contribution in [0, 0.1) is 0 Å². The van der Waals surface area contributed by atoms with Crippen LogP contribution in [0.4, 0.5) is 0 Å². The number of hydrogen-bond donors (Lipinski definition) is 1. The predicted molar refractivity (Wildman–Crippen MR) is 67.0 cm³/mol. The van der Waals surface area contributed by atoms with E-state index < -0.39 is 11.4 Å². The van der Waals surface area contributed by atoms with Crippen LogP contribution in [0.25, 0.3) is 5.69 Å². The molecule has 18 heavy (non-hydrogen) atoms. The smallest absolute Gasteiger partial charge is 0.315 e. The maximum absolute atomic E-state index is 11.1. The number of carbonyl (C=O) groups is 1. The Labute approximate surface area is 109 Å². The molecule has 0 amide bonds. The van der Waals surface area contributed by atoms with E-state index in [1.807, 2.05) is 6.07 Å². The third-order valence-electron chi connectivity index (χ3n) is 2.74. The van der Waals surface area contributed by atoms with Gasteiger partial charge in [0, 0.05) is 5.02 Å². The molecule has 2 rings (SSSR count). The average Bonchev–Trinajstić information content (AvgIpc) is 2.78. The van der Waals surface area contributed by atoms with Gasteiger partial charge in [0.15, 0.2) is 0 Å². The molecular weight excluding hydrogens is 254 g/mol. The molecule has 0 spiro atoms.